The van der Waals surface area contributed by atoms with Crippen LogP contribution < -0.4 is 5.32 Å². The van der Waals surface area contributed by atoms with Crippen molar-refractivity contribution in [3.05, 3.63) is 0 Å². The predicted octanol–water partition coefficient (Wildman–Crippen LogP) is 0.327. The average molecular weight is 316 g/mol. The number of rotatable bonds is 7. The number of nitrogens with one attached hydrogen (secondary N) is 1. The highest BCUT2D eigenvalue weighted by molar-refractivity contribution is 7.91. The number of carbonyl (C=O) groups is 2. The fraction of sp³-hybridized carbons (Fsp3) is 0.857. The molecule has 2 rings (SSSR count). The molecule has 1 saturated heterocycles. The molecule has 120 valence electrons. The summed E-state index contributed by atoms with van der Waals surface area (Å²) >= 11 is 0. The van der Waals surface area contributed by atoms with Crippen molar-refractivity contribution >= 4 is 21.7 Å². The molecule has 6 nitrogen and oxygen atoms in total. The van der Waals surface area contributed by atoms with Crippen molar-refractivity contribution in [1.29, 1.82) is 0 Å². The molecule has 1 saturated carbocycles. The molecule has 1 aliphatic heterocycles. The molecule has 2 aliphatic rings. The van der Waals surface area contributed by atoms with E-state index in [1.165, 1.54) is 4.90 Å². The van der Waals surface area contributed by atoms with Gasteiger partial charge in [-0.3, -0.25) is 9.59 Å². The first-order valence-electron chi connectivity index (χ1n) is 7.71. The van der Waals surface area contributed by atoms with Gasteiger partial charge in [0.25, 0.3) is 0 Å². The maximum absolute atomic E-state index is 12.4. The van der Waals surface area contributed by atoms with E-state index in [9.17, 15) is 18.0 Å². The number of nitrogens with zero attached hydrogens (tertiary/aromatic N) is 1. The van der Waals surface area contributed by atoms with Crippen LogP contribution in [0.3, 0.4) is 0 Å². The van der Waals surface area contributed by atoms with Crippen molar-refractivity contribution in [1.82, 2.24) is 10.2 Å². The molecule has 21 heavy (non-hydrogen) atoms. The van der Waals surface area contributed by atoms with Crippen molar-refractivity contribution < 1.29 is 18.0 Å². The first-order valence-corrected chi connectivity index (χ1v) is 9.53. The van der Waals surface area contributed by atoms with Gasteiger partial charge in [0.05, 0.1) is 5.75 Å². The number of piperazine rings is 1. The van der Waals surface area contributed by atoms with E-state index in [4.69, 9.17) is 0 Å². The Balaban J connectivity index is 2.11. The van der Waals surface area contributed by atoms with E-state index >= 15 is 0 Å². The van der Waals surface area contributed by atoms with Crippen molar-refractivity contribution in [2.24, 2.45) is 5.92 Å². The monoisotopic (exact) mass is 316 g/mol. The first-order chi connectivity index (χ1) is 9.89. The zero-order chi connectivity index (χ0) is 15.6. The van der Waals surface area contributed by atoms with E-state index < -0.39 is 21.9 Å². The van der Waals surface area contributed by atoms with Gasteiger partial charge in [-0.1, -0.05) is 13.8 Å². The van der Waals surface area contributed by atoms with Crippen LogP contribution >= 0.6 is 0 Å². The summed E-state index contributed by atoms with van der Waals surface area (Å²) < 4.78 is 23.7. The molecule has 0 aromatic heterocycles. The van der Waals surface area contributed by atoms with Gasteiger partial charge in [0.2, 0.25) is 11.8 Å². The minimum Gasteiger partial charge on any atom is -0.343 e. The molecule has 0 radical (unpaired) electrons. The zero-order valence-corrected chi connectivity index (χ0v) is 13.5. The highest BCUT2D eigenvalue weighted by Gasteiger charge is 2.47. The second-order valence-electron chi connectivity index (χ2n) is 5.94. The molecule has 1 aliphatic carbocycles. The SMILES string of the molecule is CCCS(=O)(=O)CCN1C(=O)C(CC)NC(=O)C1C1CC1. The third-order valence-corrected chi connectivity index (χ3v) is 5.97. The number of carbonyl (C=O) groups excluding carboxylic acids is 2. The molecule has 0 spiro atoms. The topological polar surface area (TPSA) is 83.6 Å². The summed E-state index contributed by atoms with van der Waals surface area (Å²) in [6.45, 7) is 3.79. The normalized spacial score (nSPS) is 26.9. The Labute approximate surface area is 126 Å². The molecule has 1 N–H and O–H groups in total. The van der Waals surface area contributed by atoms with E-state index in [0.717, 1.165) is 12.8 Å². The van der Waals surface area contributed by atoms with E-state index in [1.54, 1.807) is 0 Å². The van der Waals surface area contributed by atoms with Gasteiger partial charge in [-0.2, -0.15) is 0 Å². The van der Waals surface area contributed by atoms with Crippen molar-refractivity contribution in [2.45, 2.75) is 51.6 Å². The number of hydrogen-bond acceptors (Lipinski definition) is 4. The Morgan fingerprint density at radius 3 is 2.38 bits per heavy atom. The standard InChI is InChI=1S/C14H24N2O4S/c1-3-8-21(19,20)9-7-16-12(10-5-6-10)13(17)15-11(4-2)14(16)18/h10-12H,3-9H2,1-2H3,(H,15,17). The lowest BCUT2D eigenvalue weighted by molar-refractivity contribution is -0.150. The summed E-state index contributed by atoms with van der Waals surface area (Å²) in [5, 5.41) is 2.76. The van der Waals surface area contributed by atoms with E-state index in [-0.39, 0.29) is 35.8 Å². The van der Waals surface area contributed by atoms with Gasteiger partial charge >= 0.3 is 0 Å². The van der Waals surface area contributed by atoms with E-state index in [1.807, 2.05) is 13.8 Å². The summed E-state index contributed by atoms with van der Waals surface area (Å²) in [4.78, 5) is 26.1. The highest BCUT2D eigenvalue weighted by Crippen LogP contribution is 2.37. The first kappa shape index (κ1) is 16.3. The zero-order valence-electron chi connectivity index (χ0n) is 12.7. The maximum atomic E-state index is 12.4. The van der Waals surface area contributed by atoms with Gasteiger partial charge in [-0.25, -0.2) is 8.42 Å². The average Bonchev–Trinajstić information content (AvgIpc) is 3.23. The molecule has 1 heterocycles. The summed E-state index contributed by atoms with van der Waals surface area (Å²) in [5.74, 6) is 0.00430. The predicted molar refractivity (Wildman–Crippen MR) is 79.4 cm³/mol. The summed E-state index contributed by atoms with van der Waals surface area (Å²) in [6.07, 6.45) is 2.96. The molecule has 0 bridgehead atoms. The van der Waals surface area contributed by atoms with Crippen LogP contribution in [-0.2, 0) is 19.4 Å². The van der Waals surface area contributed by atoms with Crippen molar-refractivity contribution in [2.75, 3.05) is 18.1 Å². The Bertz CT molecular complexity index is 513. The van der Waals surface area contributed by atoms with Gasteiger partial charge in [-0.15, -0.1) is 0 Å². The smallest absolute Gasteiger partial charge is 0.245 e. The summed E-state index contributed by atoms with van der Waals surface area (Å²) in [5.41, 5.74) is 0. The number of amides is 2. The van der Waals surface area contributed by atoms with Crippen LogP contribution in [-0.4, -0.2) is 55.3 Å². The molecule has 0 aromatic carbocycles. The fourth-order valence-corrected chi connectivity index (χ4v) is 4.16. The Kier molecular flexibility index (Phi) is 4.91. The largest absolute Gasteiger partial charge is 0.343 e. The van der Waals surface area contributed by atoms with Crippen LogP contribution in [0.2, 0.25) is 0 Å². The molecule has 2 fully saturated rings. The van der Waals surface area contributed by atoms with Crippen LogP contribution in [0, 0.1) is 5.92 Å². The lowest BCUT2D eigenvalue weighted by Gasteiger charge is -2.39. The van der Waals surface area contributed by atoms with Crippen LogP contribution in [0.5, 0.6) is 0 Å². The molecular weight excluding hydrogens is 292 g/mol. The molecular formula is C14H24N2O4S. The molecule has 2 unspecified atom stereocenters. The summed E-state index contributed by atoms with van der Waals surface area (Å²) in [6, 6.07) is -0.987. The molecule has 2 atom stereocenters. The second-order valence-corrected chi connectivity index (χ2v) is 8.24. The summed E-state index contributed by atoms with van der Waals surface area (Å²) in [7, 11) is -3.15. The fourth-order valence-electron chi connectivity index (χ4n) is 2.85. The highest BCUT2D eigenvalue weighted by atomic mass is 32.2. The third-order valence-electron chi connectivity index (χ3n) is 4.14. The van der Waals surface area contributed by atoms with Crippen LogP contribution in [0.25, 0.3) is 0 Å². The van der Waals surface area contributed by atoms with Gasteiger partial charge in [0.1, 0.15) is 12.1 Å². The Morgan fingerprint density at radius 1 is 1.19 bits per heavy atom. The van der Waals surface area contributed by atoms with Crippen molar-refractivity contribution in [3.8, 4) is 0 Å². The minimum atomic E-state index is -3.15. The van der Waals surface area contributed by atoms with E-state index in [2.05, 4.69) is 5.32 Å². The Morgan fingerprint density at radius 2 is 1.86 bits per heavy atom. The van der Waals surface area contributed by atoms with Gasteiger partial charge in [-0.05, 0) is 31.6 Å². The van der Waals surface area contributed by atoms with Gasteiger partial charge < -0.3 is 10.2 Å². The van der Waals surface area contributed by atoms with Crippen molar-refractivity contribution in [3.63, 3.8) is 0 Å². The van der Waals surface area contributed by atoms with Gasteiger partial charge in [0, 0.05) is 12.3 Å². The lowest BCUT2D eigenvalue weighted by Crippen LogP contribution is -2.64. The second kappa shape index (κ2) is 6.34. The number of hydrogen-bond donors (Lipinski definition) is 1. The third kappa shape index (κ3) is 3.75. The van der Waals surface area contributed by atoms with Crippen LogP contribution in [0.1, 0.15) is 39.5 Å². The van der Waals surface area contributed by atoms with Crippen LogP contribution in [0.15, 0.2) is 0 Å². The Hall–Kier alpha value is -1.11. The minimum absolute atomic E-state index is 0.0560. The molecule has 7 heteroatoms. The quantitative estimate of drug-likeness (QED) is 0.733. The lowest BCUT2D eigenvalue weighted by atomic mass is 10.0. The van der Waals surface area contributed by atoms with Crippen LogP contribution in [0.4, 0.5) is 0 Å². The molecule has 2 amide bonds. The number of sulfone groups is 1. The van der Waals surface area contributed by atoms with Gasteiger partial charge in [0.15, 0.2) is 9.84 Å². The van der Waals surface area contributed by atoms with E-state index in [0.29, 0.717) is 12.8 Å². The maximum Gasteiger partial charge on any atom is 0.245 e. The molecule has 0 aromatic rings.